The molecule has 3 nitrogen and oxygen atoms in total. The second-order valence-electron chi connectivity index (χ2n) is 5.92. The first-order valence-corrected chi connectivity index (χ1v) is 7.56. The zero-order valence-corrected chi connectivity index (χ0v) is 12.1. The van der Waals surface area contributed by atoms with Crippen LogP contribution < -0.4 is 10.1 Å². The van der Waals surface area contributed by atoms with Crippen LogP contribution in [0.15, 0.2) is 18.2 Å². The van der Waals surface area contributed by atoms with E-state index < -0.39 is 0 Å². The van der Waals surface area contributed by atoms with E-state index in [0.29, 0.717) is 11.8 Å². The van der Waals surface area contributed by atoms with Gasteiger partial charge in [-0.2, -0.15) is 0 Å². The van der Waals surface area contributed by atoms with Crippen LogP contribution in [0, 0.1) is 5.82 Å². The first-order valence-electron chi connectivity index (χ1n) is 7.56. The lowest BCUT2D eigenvalue weighted by atomic mass is 10.1. The number of hydrogen-bond donors (Lipinski definition) is 1. The molecule has 0 bridgehead atoms. The highest BCUT2D eigenvalue weighted by atomic mass is 19.1. The summed E-state index contributed by atoms with van der Waals surface area (Å²) in [7, 11) is 1.50. The second kappa shape index (κ2) is 6.10. The van der Waals surface area contributed by atoms with Crippen molar-refractivity contribution >= 4 is 0 Å². The van der Waals surface area contributed by atoms with Crippen molar-refractivity contribution in [1.29, 1.82) is 0 Å². The molecule has 20 heavy (non-hydrogen) atoms. The predicted molar refractivity (Wildman–Crippen MR) is 77.4 cm³/mol. The molecule has 1 saturated heterocycles. The summed E-state index contributed by atoms with van der Waals surface area (Å²) in [6.45, 7) is 3.02. The van der Waals surface area contributed by atoms with E-state index in [1.807, 2.05) is 6.07 Å². The number of hydrogen-bond acceptors (Lipinski definition) is 3. The normalized spacial score (nSPS) is 23.2. The van der Waals surface area contributed by atoms with Crippen molar-refractivity contribution in [3.05, 3.63) is 29.6 Å². The standard InChI is InChI=1S/C16H23FN2O/c1-20-16-7-4-12(9-15(16)17)11-19-8-2-3-14(19)10-18-13-5-6-13/h4,7,9,13-14,18H,2-3,5-6,8,10-11H2,1H3. The maximum atomic E-state index is 13.7. The molecule has 2 aliphatic rings. The molecule has 1 aliphatic carbocycles. The zero-order valence-electron chi connectivity index (χ0n) is 12.1. The molecule has 1 N–H and O–H groups in total. The van der Waals surface area contributed by atoms with Crippen LogP contribution in [0.25, 0.3) is 0 Å². The lowest BCUT2D eigenvalue weighted by molar-refractivity contribution is 0.238. The number of benzene rings is 1. The van der Waals surface area contributed by atoms with Crippen LogP contribution in [-0.4, -0.2) is 37.2 Å². The fourth-order valence-corrected chi connectivity index (χ4v) is 2.97. The molecule has 0 aromatic heterocycles. The van der Waals surface area contributed by atoms with Crippen LogP contribution in [-0.2, 0) is 6.54 Å². The minimum absolute atomic E-state index is 0.267. The van der Waals surface area contributed by atoms with Crippen molar-refractivity contribution in [3.63, 3.8) is 0 Å². The third kappa shape index (κ3) is 3.30. The zero-order chi connectivity index (χ0) is 13.9. The summed E-state index contributed by atoms with van der Waals surface area (Å²) < 4.78 is 18.7. The van der Waals surface area contributed by atoms with Gasteiger partial charge in [-0.15, -0.1) is 0 Å². The van der Waals surface area contributed by atoms with Gasteiger partial charge in [-0.3, -0.25) is 4.90 Å². The molecule has 110 valence electrons. The van der Waals surface area contributed by atoms with Gasteiger partial charge in [0.2, 0.25) is 0 Å². The Labute approximate surface area is 120 Å². The topological polar surface area (TPSA) is 24.5 Å². The Morgan fingerprint density at radius 2 is 2.20 bits per heavy atom. The van der Waals surface area contributed by atoms with Gasteiger partial charge < -0.3 is 10.1 Å². The molecule has 1 aromatic rings. The molecule has 0 spiro atoms. The number of halogens is 1. The van der Waals surface area contributed by atoms with Crippen molar-refractivity contribution in [3.8, 4) is 5.75 Å². The maximum absolute atomic E-state index is 13.7. The molecular weight excluding hydrogens is 255 g/mol. The van der Waals surface area contributed by atoms with Crippen molar-refractivity contribution in [1.82, 2.24) is 10.2 Å². The minimum atomic E-state index is -0.267. The van der Waals surface area contributed by atoms with E-state index in [0.717, 1.165) is 31.2 Å². The quantitative estimate of drug-likeness (QED) is 0.865. The molecule has 3 rings (SSSR count). The molecule has 1 aliphatic heterocycles. The lowest BCUT2D eigenvalue weighted by Gasteiger charge is -2.25. The fourth-order valence-electron chi connectivity index (χ4n) is 2.97. The smallest absolute Gasteiger partial charge is 0.165 e. The fraction of sp³-hybridized carbons (Fsp3) is 0.625. The molecule has 4 heteroatoms. The van der Waals surface area contributed by atoms with Crippen LogP contribution >= 0.6 is 0 Å². The van der Waals surface area contributed by atoms with Crippen molar-refractivity contribution < 1.29 is 9.13 Å². The predicted octanol–water partition coefficient (Wildman–Crippen LogP) is 2.55. The number of nitrogens with zero attached hydrogens (tertiary/aromatic N) is 1. The lowest BCUT2D eigenvalue weighted by Crippen LogP contribution is -2.38. The van der Waals surface area contributed by atoms with Gasteiger partial charge in [0.05, 0.1) is 7.11 Å². The number of methoxy groups -OCH3 is 1. The summed E-state index contributed by atoms with van der Waals surface area (Å²) in [4.78, 5) is 2.47. The monoisotopic (exact) mass is 278 g/mol. The molecule has 1 saturated carbocycles. The second-order valence-corrected chi connectivity index (χ2v) is 5.92. The Morgan fingerprint density at radius 1 is 1.35 bits per heavy atom. The van der Waals surface area contributed by atoms with Gasteiger partial charge >= 0.3 is 0 Å². The van der Waals surface area contributed by atoms with Crippen molar-refractivity contribution in [2.45, 2.75) is 44.3 Å². The molecular formula is C16H23FN2O. The third-order valence-electron chi connectivity index (χ3n) is 4.32. The summed E-state index contributed by atoms with van der Waals surface area (Å²) >= 11 is 0. The van der Waals surface area contributed by atoms with Gasteiger partial charge in [0, 0.05) is 25.2 Å². The van der Waals surface area contributed by atoms with Crippen molar-refractivity contribution in [2.75, 3.05) is 20.2 Å². The van der Waals surface area contributed by atoms with Gasteiger partial charge in [0.15, 0.2) is 11.6 Å². The Bertz CT molecular complexity index is 462. The highest BCUT2D eigenvalue weighted by Crippen LogP contribution is 2.24. The molecule has 0 amide bonds. The van der Waals surface area contributed by atoms with Crippen LogP contribution in [0.2, 0.25) is 0 Å². The summed E-state index contributed by atoms with van der Waals surface area (Å²) in [5.41, 5.74) is 1.03. The van der Waals surface area contributed by atoms with Gasteiger partial charge in [0.25, 0.3) is 0 Å². The van der Waals surface area contributed by atoms with Crippen LogP contribution in [0.5, 0.6) is 5.75 Å². The maximum Gasteiger partial charge on any atom is 0.165 e. The van der Waals surface area contributed by atoms with Crippen LogP contribution in [0.4, 0.5) is 4.39 Å². The van der Waals surface area contributed by atoms with Crippen LogP contribution in [0.3, 0.4) is 0 Å². The van der Waals surface area contributed by atoms with Gasteiger partial charge in [-0.1, -0.05) is 6.07 Å². The van der Waals surface area contributed by atoms with Crippen LogP contribution in [0.1, 0.15) is 31.2 Å². The third-order valence-corrected chi connectivity index (χ3v) is 4.32. The van der Waals surface area contributed by atoms with E-state index >= 15 is 0 Å². The highest BCUT2D eigenvalue weighted by Gasteiger charge is 2.27. The number of rotatable bonds is 6. The minimum Gasteiger partial charge on any atom is -0.494 e. The average molecular weight is 278 g/mol. The summed E-state index contributed by atoms with van der Waals surface area (Å²) in [5, 5.41) is 3.61. The summed E-state index contributed by atoms with van der Waals surface area (Å²) in [6, 6.07) is 6.64. The molecule has 2 fully saturated rings. The molecule has 0 radical (unpaired) electrons. The number of ether oxygens (including phenoxy) is 1. The van der Waals surface area contributed by atoms with E-state index in [1.54, 1.807) is 12.1 Å². The Balaban J connectivity index is 1.58. The Kier molecular flexibility index (Phi) is 4.22. The largest absolute Gasteiger partial charge is 0.494 e. The van der Waals surface area contributed by atoms with E-state index in [4.69, 9.17) is 4.74 Å². The first kappa shape index (κ1) is 13.8. The average Bonchev–Trinajstić information content (AvgIpc) is 3.17. The highest BCUT2D eigenvalue weighted by molar-refractivity contribution is 5.29. The van der Waals surface area contributed by atoms with Gasteiger partial charge in [-0.25, -0.2) is 4.39 Å². The van der Waals surface area contributed by atoms with Crippen molar-refractivity contribution in [2.24, 2.45) is 0 Å². The molecule has 1 heterocycles. The van der Waals surface area contributed by atoms with E-state index in [1.165, 1.54) is 32.8 Å². The summed E-state index contributed by atoms with van der Waals surface area (Å²) in [6.07, 6.45) is 5.15. The molecule has 1 aromatic carbocycles. The van der Waals surface area contributed by atoms with E-state index in [-0.39, 0.29) is 5.82 Å². The summed E-state index contributed by atoms with van der Waals surface area (Å²) in [5.74, 6) is 0.0546. The number of nitrogens with one attached hydrogen (secondary N) is 1. The van der Waals surface area contributed by atoms with E-state index in [9.17, 15) is 4.39 Å². The van der Waals surface area contributed by atoms with Gasteiger partial charge in [-0.05, 0) is 49.9 Å². The van der Waals surface area contributed by atoms with Gasteiger partial charge in [0.1, 0.15) is 0 Å². The molecule has 1 atom stereocenters. The molecule has 1 unspecified atom stereocenters. The number of likely N-dealkylation sites (tertiary alicyclic amines) is 1. The first-order chi connectivity index (χ1) is 9.76. The Hall–Kier alpha value is -1.13. The van der Waals surface area contributed by atoms with E-state index in [2.05, 4.69) is 10.2 Å². The SMILES string of the molecule is COc1ccc(CN2CCCC2CNC2CC2)cc1F. The Morgan fingerprint density at radius 3 is 2.90 bits per heavy atom.